The summed E-state index contributed by atoms with van der Waals surface area (Å²) in [6.45, 7) is 6.05. The van der Waals surface area contributed by atoms with Crippen LogP contribution in [0, 0.1) is 28.6 Å². The molecule has 34 heavy (non-hydrogen) atoms. The lowest BCUT2D eigenvalue weighted by Crippen LogP contribution is -2.67. The fraction of sp³-hybridized carbons (Fsp3) is 0.714. The predicted octanol–water partition coefficient (Wildman–Crippen LogP) is 5.67. The van der Waals surface area contributed by atoms with Crippen molar-refractivity contribution in [2.75, 3.05) is 0 Å². The highest BCUT2D eigenvalue weighted by Crippen LogP contribution is 2.68. The number of hydrogen-bond acceptors (Lipinski definition) is 5. The summed E-state index contributed by atoms with van der Waals surface area (Å²) in [7, 11) is 0. The standard InChI is InChI=1S/C28H37BrO5/c1-17(30)33-19-11-14-27(3)22-12-13-26(2)21(20(22)15-23(29)28(27,32)16-19)9-10-24(26)34-25(31)18-7-5-4-6-8-18/h4-8,19-24,32H,9-16H2,1-3H3/t19?,20?,21?,22?,23?,24?,26?,27?,28-/m0/s1. The van der Waals surface area contributed by atoms with Gasteiger partial charge in [-0.05, 0) is 74.8 Å². The molecule has 0 bridgehead atoms. The predicted molar refractivity (Wildman–Crippen MR) is 132 cm³/mol. The summed E-state index contributed by atoms with van der Waals surface area (Å²) >= 11 is 3.90. The molecule has 1 N–H and O–H groups in total. The Kier molecular flexibility index (Phi) is 6.16. The van der Waals surface area contributed by atoms with Crippen LogP contribution in [0.25, 0.3) is 0 Å². The lowest BCUT2D eigenvalue weighted by Gasteiger charge is -2.65. The van der Waals surface area contributed by atoms with E-state index in [2.05, 4.69) is 29.8 Å². The molecule has 4 aliphatic carbocycles. The van der Waals surface area contributed by atoms with Crippen molar-refractivity contribution >= 4 is 27.9 Å². The van der Waals surface area contributed by atoms with Crippen molar-refractivity contribution in [1.29, 1.82) is 0 Å². The molecule has 4 fully saturated rings. The highest BCUT2D eigenvalue weighted by molar-refractivity contribution is 9.09. The molecular formula is C28H37BrO5. The van der Waals surface area contributed by atoms with Crippen molar-refractivity contribution in [3.63, 3.8) is 0 Å². The van der Waals surface area contributed by atoms with Gasteiger partial charge in [0, 0.05) is 29.0 Å². The molecule has 8 unspecified atom stereocenters. The van der Waals surface area contributed by atoms with Gasteiger partial charge in [-0.2, -0.15) is 0 Å². The van der Waals surface area contributed by atoms with Gasteiger partial charge in [-0.15, -0.1) is 0 Å². The van der Waals surface area contributed by atoms with Crippen LogP contribution in [0.2, 0.25) is 0 Å². The molecular weight excluding hydrogens is 496 g/mol. The van der Waals surface area contributed by atoms with Gasteiger partial charge in [0.15, 0.2) is 0 Å². The number of hydrogen-bond donors (Lipinski definition) is 1. The van der Waals surface area contributed by atoms with Gasteiger partial charge >= 0.3 is 11.9 Å². The number of alkyl halides is 1. The molecule has 0 saturated heterocycles. The average Bonchev–Trinajstić information content (AvgIpc) is 3.12. The van der Waals surface area contributed by atoms with Crippen LogP contribution in [0.4, 0.5) is 0 Å². The van der Waals surface area contributed by atoms with E-state index in [9.17, 15) is 14.7 Å². The third kappa shape index (κ3) is 3.66. The van der Waals surface area contributed by atoms with Gasteiger partial charge in [-0.1, -0.05) is 48.0 Å². The lowest BCUT2D eigenvalue weighted by atomic mass is 9.43. The maximum Gasteiger partial charge on any atom is 0.338 e. The Hall–Kier alpha value is -1.40. The Labute approximate surface area is 211 Å². The summed E-state index contributed by atoms with van der Waals surface area (Å²) in [5, 5.41) is 12.0. The van der Waals surface area contributed by atoms with Gasteiger partial charge in [0.1, 0.15) is 12.2 Å². The van der Waals surface area contributed by atoms with E-state index in [-0.39, 0.29) is 39.8 Å². The Bertz CT molecular complexity index is 951. The first-order valence-corrected chi connectivity index (χ1v) is 13.8. The average molecular weight is 534 g/mol. The van der Waals surface area contributed by atoms with Gasteiger partial charge in [0.2, 0.25) is 0 Å². The topological polar surface area (TPSA) is 72.8 Å². The molecule has 0 amide bonds. The Morgan fingerprint density at radius 3 is 2.44 bits per heavy atom. The Balaban J connectivity index is 1.36. The monoisotopic (exact) mass is 532 g/mol. The second kappa shape index (κ2) is 8.62. The molecule has 1 aromatic rings. The van der Waals surface area contributed by atoms with Crippen molar-refractivity contribution in [2.24, 2.45) is 28.6 Å². The molecule has 0 aromatic heterocycles. The molecule has 5 nitrogen and oxygen atoms in total. The molecule has 0 aliphatic heterocycles. The summed E-state index contributed by atoms with van der Waals surface area (Å²) in [5.74, 6) is 0.895. The zero-order valence-electron chi connectivity index (χ0n) is 20.5. The summed E-state index contributed by atoms with van der Waals surface area (Å²) in [4.78, 5) is 24.4. The minimum absolute atomic E-state index is 0.0287. The number of ether oxygens (including phenoxy) is 2. The Morgan fingerprint density at radius 2 is 1.74 bits per heavy atom. The molecule has 4 saturated carbocycles. The van der Waals surface area contributed by atoms with Crippen LogP contribution in [0.5, 0.6) is 0 Å². The first-order valence-electron chi connectivity index (χ1n) is 12.9. The van der Waals surface area contributed by atoms with E-state index < -0.39 is 5.60 Å². The van der Waals surface area contributed by atoms with Gasteiger partial charge in [-0.3, -0.25) is 4.79 Å². The molecule has 9 atom stereocenters. The first-order chi connectivity index (χ1) is 16.1. The fourth-order valence-electron chi connectivity index (χ4n) is 8.45. The van der Waals surface area contributed by atoms with Crippen LogP contribution in [0.15, 0.2) is 30.3 Å². The van der Waals surface area contributed by atoms with Crippen molar-refractivity contribution in [3.8, 4) is 0 Å². The maximum atomic E-state index is 12.8. The molecule has 186 valence electrons. The molecule has 1 aromatic carbocycles. The van der Waals surface area contributed by atoms with Crippen LogP contribution in [-0.4, -0.2) is 39.7 Å². The van der Waals surface area contributed by atoms with Crippen LogP contribution < -0.4 is 0 Å². The van der Waals surface area contributed by atoms with Gasteiger partial charge < -0.3 is 14.6 Å². The maximum absolute atomic E-state index is 12.8. The number of carbonyl (C=O) groups excluding carboxylic acids is 2. The van der Waals surface area contributed by atoms with Crippen LogP contribution in [0.1, 0.15) is 82.5 Å². The number of aliphatic hydroxyl groups is 1. The Morgan fingerprint density at radius 1 is 1.00 bits per heavy atom. The van der Waals surface area contributed by atoms with Gasteiger partial charge in [0.05, 0.1) is 11.2 Å². The number of esters is 2. The van der Waals surface area contributed by atoms with Crippen LogP contribution in [-0.2, 0) is 14.3 Å². The zero-order valence-corrected chi connectivity index (χ0v) is 22.1. The molecule has 0 spiro atoms. The smallest absolute Gasteiger partial charge is 0.338 e. The van der Waals surface area contributed by atoms with E-state index in [1.807, 2.05) is 30.3 Å². The quantitative estimate of drug-likeness (QED) is 0.400. The fourth-order valence-corrected chi connectivity index (χ4v) is 9.59. The van der Waals surface area contributed by atoms with E-state index in [1.165, 1.54) is 6.92 Å². The molecule has 0 heterocycles. The summed E-state index contributed by atoms with van der Waals surface area (Å²) < 4.78 is 11.7. The van der Waals surface area contributed by atoms with Crippen molar-refractivity contribution in [2.45, 2.75) is 94.8 Å². The third-order valence-corrected chi connectivity index (χ3v) is 11.4. The second-order valence-electron chi connectivity index (χ2n) is 11.8. The third-order valence-electron chi connectivity index (χ3n) is 10.3. The SMILES string of the molecule is CC(=O)OC1CCC2(C)C3CCC4(C)C(OC(=O)c5ccccc5)CCC4C3CC(Br)[C@@]2(O)C1. The van der Waals surface area contributed by atoms with E-state index in [1.54, 1.807) is 0 Å². The number of rotatable bonds is 3. The number of carbonyl (C=O) groups is 2. The minimum Gasteiger partial charge on any atom is -0.462 e. The minimum atomic E-state index is -0.891. The summed E-state index contributed by atoms with van der Waals surface area (Å²) in [6.07, 6.45) is 6.82. The number of benzene rings is 1. The second-order valence-corrected chi connectivity index (χ2v) is 12.9. The molecule has 5 rings (SSSR count). The van der Waals surface area contributed by atoms with E-state index in [0.29, 0.717) is 29.7 Å². The lowest BCUT2D eigenvalue weighted by molar-refractivity contribution is -0.220. The molecule has 6 heteroatoms. The van der Waals surface area contributed by atoms with E-state index in [4.69, 9.17) is 9.47 Å². The largest absolute Gasteiger partial charge is 0.462 e. The van der Waals surface area contributed by atoms with Crippen molar-refractivity contribution in [3.05, 3.63) is 35.9 Å². The highest BCUT2D eigenvalue weighted by Gasteiger charge is 2.67. The van der Waals surface area contributed by atoms with Gasteiger partial charge in [-0.25, -0.2) is 4.79 Å². The highest BCUT2D eigenvalue weighted by atomic mass is 79.9. The summed E-state index contributed by atoms with van der Waals surface area (Å²) in [5.41, 5.74) is -0.526. The van der Waals surface area contributed by atoms with Crippen molar-refractivity contribution in [1.82, 2.24) is 0 Å². The number of fused-ring (bicyclic) bond motifs is 5. The first kappa shape index (κ1) is 24.3. The number of halogens is 1. The zero-order chi connectivity index (χ0) is 24.3. The molecule has 0 radical (unpaired) electrons. The van der Waals surface area contributed by atoms with E-state index >= 15 is 0 Å². The van der Waals surface area contributed by atoms with Crippen LogP contribution >= 0.6 is 15.9 Å². The van der Waals surface area contributed by atoms with Crippen molar-refractivity contribution < 1.29 is 24.2 Å². The van der Waals surface area contributed by atoms with Gasteiger partial charge in [0.25, 0.3) is 0 Å². The normalized spacial score (nSPS) is 45.4. The summed E-state index contributed by atoms with van der Waals surface area (Å²) in [6, 6.07) is 9.29. The van der Waals surface area contributed by atoms with E-state index in [0.717, 1.165) is 44.9 Å². The molecule has 4 aliphatic rings. The van der Waals surface area contributed by atoms with Crippen LogP contribution in [0.3, 0.4) is 0 Å².